The summed E-state index contributed by atoms with van der Waals surface area (Å²) in [6.07, 6.45) is 0.214. The third-order valence-corrected chi connectivity index (χ3v) is 4.58. The molecule has 0 bridgehead atoms. The van der Waals surface area contributed by atoms with Gasteiger partial charge in [-0.3, -0.25) is 0 Å². The average molecular weight is 308 g/mol. The average Bonchev–Trinajstić information content (AvgIpc) is 2.36. The van der Waals surface area contributed by atoms with E-state index in [2.05, 4.69) is 0 Å². The first kappa shape index (κ1) is 15.7. The number of sulfone groups is 1. The van der Waals surface area contributed by atoms with E-state index in [-0.39, 0.29) is 10.7 Å². The molecular formula is C16H17FO3S. The minimum atomic E-state index is -3.26. The Balaban J connectivity index is 2.44. The van der Waals surface area contributed by atoms with Gasteiger partial charge in [0.05, 0.1) is 4.90 Å². The van der Waals surface area contributed by atoms with Crippen molar-refractivity contribution < 1.29 is 17.9 Å². The van der Waals surface area contributed by atoms with Crippen LogP contribution in [0.3, 0.4) is 0 Å². The number of halogens is 1. The van der Waals surface area contributed by atoms with Gasteiger partial charge in [-0.15, -0.1) is 0 Å². The van der Waals surface area contributed by atoms with Crippen molar-refractivity contribution in [2.24, 2.45) is 0 Å². The second-order valence-electron chi connectivity index (χ2n) is 5.20. The van der Waals surface area contributed by atoms with E-state index in [9.17, 15) is 17.9 Å². The van der Waals surface area contributed by atoms with Gasteiger partial charge in [-0.1, -0.05) is 12.1 Å². The molecule has 2 rings (SSSR count). The Labute approximate surface area is 124 Å². The molecule has 5 heteroatoms. The SMILES string of the molecule is Cc1cc(F)cc(C)c1C(O)c1ccc(S(C)(=O)=O)cc1. The molecular weight excluding hydrogens is 291 g/mol. The van der Waals surface area contributed by atoms with Crippen LogP contribution in [0, 0.1) is 19.7 Å². The largest absolute Gasteiger partial charge is 0.384 e. The molecule has 0 saturated carbocycles. The predicted molar refractivity (Wildman–Crippen MR) is 79.5 cm³/mol. The maximum Gasteiger partial charge on any atom is 0.175 e. The molecule has 1 unspecified atom stereocenters. The molecule has 0 heterocycles. The van der Waals surface area contributed by atoms with Gasteiger partial charge in [-0.25, -0.2) is 12.8 Å². The third-order valence-electron chi connectivity index (χ3n) is 3.46. The van der Waals surface area contributed by atoms with Crippen molar-refractivity contribution in [3.63, 3.8) is 0 Å². The van der Waals surface area contributed by atoms with E-state index in [4.69, 9.17) is 0 Å². The lowest BCUT2D eigenvalue weighted by Gasteiger charge is -2.17. The van der Waals surface area contributed by atoms with Gasteiger partial charge in [-0.05, 0) is 60.4 Å². The number of rotatable bonds is 3. The fourth-order valence-electron chi connectivity index (χ4n) is 2.42. The van der Waals surface area contributed by atoms with Crippen LogP contribution >= 0.6 is 0 Å². The summed E-state index contributed by atoms with van der Waals surface area (Å²) in [5, 5.41) is 10.5. The van der Waals surface area contributed by atoms with Crippen LogP contribution in [0.4, 0.5) is 4.39 Å². The first-order valence-corrected chi connectivity index (χ1v) is 8.34. The quantitative estimate of drug-likeness (QED) is 0.948. The Kier molecular flexibility index (Phi) is 4.16. The molecule has 0 spiro atoms. The minimum absolute atomic E-state index is 0.200. The first-order valence-electron chi connectivity index (χ1n) is 6.45. The molecule has 21 heavy (non-hydrogen) atoms. The Hall–Kier alpha value is -1.72. The highest BCUT2D eigenvalue weighted by molar-refractivity contribution is 7.90. The third kappa shape index (κ3) is 3.31. The van der Waals surface area contributed by atoms with E-state index in [0.29, 0.717) is 22.3 Å². The molecule has 0 fully saturated rings. The van der Waals surface area contributed by atoms with Crippen molar-refractivity contribution in [3.05, 3.63) is 64.5 Å². The zero-order chi connectivity index (χ0) is 15.8. The molecule has 0 aromatic heterocycles. The van der Waals surface area contributed by atoms with E-state index in [1.165, 1.54) is 24.3 Å². The zero-order valence-corrected chi connectivity index (χ0v) is 12.9. The topological polar surface area (TPSA) is 54.4 Å². The predicted octanol–water partition coefficient (Wildman–Crippen LogP) is 2.93. The standard InChI is InChI=1S/C16H17FO3S/c1-10-8-13(17)9-11(2)15(10)16(18)12-4-6-14(7-5-12)21(3,19)20/h4-9,16,18H,1-3H3. The van der Waals surface area contributed by atoms with Gasteiger partial charge in [0.15, 0.2) is 9.84 Å². The van der Waals surface area contributed by atoms with E-state index < -0.39 is 15.9 Å². The summed E-state index contributed by atoms with van der Waals surface area (Å²) in [4.78, 5) is 0.200. The Morgan fingerprint density at radius 3 is 1.95 bits per heavy atom. The number of hydrogen-bond acceptors (Lipinski definition) is 3. The summed E-state index contributed by atoms with van der Waals surface area (Å²) in [6, 6.07) is 8.81. The van der Waals surface area contributed by atoms with Gasteiger partial charge in [-0.2, -0.15) is 0 Å². The fraction of sp³-hybridized carbons (Fsp3) is 0.250. The second-order valence-corrected chi connectivity index (χ2v) is 7.21. The van der Waals surface area contributed by atoms with Gasteiger partial charge < -0.3 is 5.11 Å². The lowest BCUT2D eigenvalue weighted by Crippen LogP contribution is -2.06. The van der Waals surface area contributed by atoms with Crippen molar-refractivity contribution in [3.8, 4) is 0 Å². The molecule has 0 aliphatic rings. The molecule has 112 valence electrons. The van der Waals surface area contributed by atoms with E-state index >= 15 is 0 Å². The normalized spacial score (nSPS) is 13.2. The second kappa shape index (κ2) is 5.58. The number of benzene rings is 2. The van der Waals surface area contributed by atoms with Crippen LogP contribution in [-0.4, -0.2) is 19.8 Å². The van der Waals surface area contributed by atoms with Gasteiger partial charge in [0.25, 0.3) is 0 Å². The molecule has 2 aromatic rings. The van der Waals surface area contributed by atoms with Crippen molar-refractivity contribution >= 4 is 9.84 Å². The van der Waals surface area contributed by atoms with Gasteiger partial charge in [0.2, 0.25) is 0 Å². The summed E-state index contributed by atoms with van der Waals surface area (Å²) in [5.74, 6) is -0.339. The Morgan fingerprint density at radius 2 is 1.52 bits per heavy atom. The van der Waals surface area contributed by atoms with Crippen LogP contribution < -0.4 is 0 Å². The monoisotopic (exact) mass is 308 g/mol. The first-order chi connectivity index (χ1) is 9.70. The highest BCUT2D eigenvalue weighted by Crippen LogP contribution is 2.29. The van der Waals surface area contributed by atoms with Crippen molar-refractivity contribution in [2.45, 2.75) is 24.8 Å². The number of aliphatic hydroxyl groups is 1. The maximum atomic E-state index is 13.3. The van der Waals surface area contributed by atoms with Crippen LogP contribution in [-0.2, 0) is 9.84 Å². The van der Waals surface area contributed by atoms with Crippen LogP contribution in [0.1, 0.15) is 28.4 Å². The van der Waals surface area contributed by atoms with E-state index in [0.717, 1.165) is 6.26 Å². The summed E-state index contributed by atoms with van der Waals surface area (Å²) < 4.78 is 36.2. The van der Waals surface area contributed by atoms with E-state index in [1.807, 2.05) is 0 Å². The summed E-state index contributed by atoms with van der Waals surface area (Å²) in [5.41, 5.74) is 2.53. The molecule has 1 atom stereocenters. The maximum absolute atomic E-state index is 13.3. The van der Waals surface area contributed by atoms with Crippen LogP contribution in [0.5, 0.6) is 0 Å². The van der Waals surface area contributed by atoms with Gasteiger partial charge in [0.1, 0.15) is 11.9 Å². The van der Waals surface area contributed by atoms with Gasteiger partial charge in [0, 0.05) is 6.26 Å². The highest BCUT2D eigenvalue weighted by atomic mass is 32.2. The van der Waals surface area contributed by atoms with Crippen LogP contribution in [0.2, 0.25) is 0 Å². The molecule has 3 nitrogen and oxygen atoms in total. The van der Waals surface area contributed by atoms with Crippen molar-refractivity contribution in [2.75, 3.05) is 6.26 Å². The van der Waals surface area contributed by atoms with Crippen molar-refractivity contribution in [1.82, 2.24) is 0 Å². The number of aryl methyl sites for hydroxylation is 2. The van der Waals surface area contributed by atoms with Crippen LogP contribution in [0.25, 0.3) is 0 Å². The molecule has 2 aromatic carbocycles. The zero-order valence-electron chi connectivity index (χ0n) is 12.1. The smallest absolute Gasteiger partial charge is 0.175 e. The van der Waals surface area contributed by atoms with Crippen molar-refractivity contribution in [1.29, 1.82) is 0 Å². The molecule has 0 amide bonds. The molecule has 0 aliphatic heterocycles. The molecule has 0 saturated heterocycles. The fourth-order valence-corrected chi connectivity index (χ4v) is 3.05. The minimum Gasteiger partial charge on any atom is -0.384 e. The molecule has 0 aliphatic carbocycles. The van der Waals surface area contributed by atoms with Gasteiger partial charge >= 0.3 is 0 Å². The van der Waals surface area contributed by atoms with Crippen LogP contribution in [0.15, 0.2) is 41.3 Å². The summed E-state index contributed by atoms with van der Waals surface area (Å²) in [7, 11) is -3.26. The Morgan fingerprint density at radius 1 is 1.05 bits per heavy atom. The highest BCUT2D eigenvalue weighted by Gasteiger charge is 2.17. The molecule has 0 radical (unpaired) electrons. The van der Waals surface area contributed by atoms with E-state index in [1.54, 1.807) is 26.0 Å². The number of aliphatic hydroxyl groups excluding tert-OH is 1. The summed E-state index contributed by atoms with van der Waals surface area (Å²) >= 11 is 0. The lowest BCUT2D eigenvalue weighted by atomic mass is 9.93. The summed E-state index contributed by atoms with van der Waals surface area (Å²) in [6.45, 7) is 3.47. The molecule has 1 N–H and O–H groups in total. The number of hydrogen-bond donors (Lipinski definition) is 1. The Bertz CT molecular complexity index is 742. The lowest BCUT2D eigenvalue weighted by molar-refractivity contribution is 0.218.